The highest BCUT2D eigenvalue weighted by Gasteiger charge is 2.39. The fraction of sp³-hybridized carbons (Fsp3) is 0.625. The third kappa shape index (κ3) is 2.23. The third-order valence-corrected chi connectivity index (χ3v) is 1.83. The maximum absolute atomic E-state index is 12.2. The van der Waals surface area contributed by atoms with E-state index in [9.17, 15) is 13.2 Å². The van der Waals surface area contributed by atoms with Crippen LogP contribution in [0.3, 0.4) is 0 Å². The number of hydrogen-bond donors (Lipinski definition) is 1. The Morgan fingerprint density at radius 3 is 2.00 bits per heavy atom. The van der Waals surface area contributed by atoms with E-state index in [0.717, 1.165) is 0 Å². The maximum atomic E-state index is 12.2. The van der Waals surface area contributed by atoms with Gasteiger partial charge in [-0.05, 0) is 20.8 Å². The molecule has 1 rings (SSSR count). The van der Waals surface area contributed by atoms with Crippen molar-refractivity contribution in [2.45, 2.75) is 31.7 Å². The van der Waals surface area contributed by atoms with Crippen LogP contribution in [0, 0.1) is 6.92 Å². The predicted octanol–water partition coefficient (Wildman–Crippen LogP) is 3.17. The van der Waals surface area contributed by atoms with Gasteiger partial charge in [0, 0.05) is 0 Å². The molecule has 1 aromatic heterocycles. The van der Waals surface area contributed by atoms with Crippen molar-refractivity contribution in [3.05, 3.63) is 17.3 Å². The molecule has 1 aromatic rings. The quantitative estimate of drug-likeness (QED) is 0.743. The van der Waals surface area contributed by atoms with Crippen molar-refractivity contribution in [1.29, 1.82) is 0 Å². The van der Waals surface area contributed by atoms with Crippen molar-refractivity contribution in [3.63, 3.8) is 0 Å². The Labute approximate surface area is 84.9 Å². The highest BCUT2D eigenvalue weighted by molar-refractivity contribution is 7.81. The number of thiol groups is 1. The summed E-state index contributed by atoms with van der Waals surface area (Å²) in [7, 11) is 0. The minimum absolute atomic E-state index is 0.150. The molecule has 0 saturated carbocycles. The first kappa shape index (κ1) is 11.4. The Morgan fingerprint density at radius 2 is 1.79 bits per heavy atom. The van der Waals surface area contributed by atoms with E-state index >= 15 is 0 Å². The van der Waals surface area contributed by atoms with E-state index < -0.39 is 16.8 Å². The van der Waals surface area contributed by atoms with E-state index in [0.29, 0.717) is 0 Å². The molecule has 0 aliphatic carbocycles. The monoisotopic (exact) mass is 225 g/mol. The van der Waals surface area contributed by atoms with Crippen LogP contribution in [0.2, 0.25) is 0 Å². The first-order valence-corrected chi connectivity index (χ1v) is 4.34. The lowest BCUT2D eigenvalue weighted by Gasteiger charge is -2.13. The van der Waals surface area contributed by atoms with Crippen molar-refractivity contribution in [1.82, 2.24) is 4.98 Å². The molecule has 0 N–H and O–H groups in total. The molecule has 0 radical (unpaired) electrons. The number of oxazole rings is 1. The summed E-state index contributed by atoms with van der Waals surface area (Å²) >= 11 is 4.13. The summed E-state index contributed by atoms with van der Waals surface area (Å²) in [5.41, 5.74) is 0.216. The zero-order valence-electron chi connectivity index (χ0n) is 7.94. The molecular formula is C8H10F3NOS. The van der Waals surface area contributed by atoms with Crippen LogP contribution in [0.25, 0.3) is 0 Å². The van der Waals surface area contributed by atoms with Gasteiger partial charge in [-0.1, -0.05) is 0 Å². The van der Waals surface area contributed by atoms with Crippen LogP contribution in [0.1, 0.15) is 31.2 Å². The number of rotatable bonds is 1. The molecule has 1 heterocycles. The smallest absolute Gasteiger partial charge is 0.438 e. The summed E-state index contributed by atoms with van der Waals surface area (Å²) in [4.78, 5) is 3.38. The van der Waals surface area contributed by atoms with Crippen LogP contribution >= 0.6 is 12.6 Å². The summed E-state index contributed by atoms with van der Waals surface area (Å²) in [5.74, 6) is -1.07. The van der Waals surface area contributed by atoms with Gasteiger partial charge in [0.05, 0.1) is 10.4 Å². The minimum atomic E-state index is -4.54. The average Bonchev–Trinajstić information content (AvgIpc) is 2.27. The topological polar surface area (TPSA) is 26.0 Å². The largest absolute Gasteiger partial charge is 0.468 e. The second-order valence-corrected chi connectivity index (χ2v) is 4.60. The predicted molar refractivity (Wildman–Crippen MR) is 48.3 cm³/mol. The van der Waals surface area contributed by atoms with Gasteiger partial charge in [0.1, 0.15) is 5.76 Å². The Kier molecular flexibility index (Phi) is 2.60. The van der Waals surface area contributed by atoms with Gasteiger partial charge in [-0.2, -0.15) is 25.8 Å². The number of hydrogen-bond acceptors (Lipinski definition) is 3. The second-order valence-electron chi connectivity index (χ2n) is 3.48. The number of aryl methyl sites for hydroxylation is 1. The summed E-state index contributed by atoms with van der Waals surface area (Å²) in [5, 5.41) is 0. The van der Waals surface area contributed by atoms with Crippen molar-refractivity contribution in [3.8, 4) is 0 Å². The highest BCUT2D eigenvalue weighted by atomic mass is 32.1. The van der Waals surface area contributed by atoms with Gasteiger partial charge < -0.3 is 4.42 Å². The van der Waals surface area contributed by atoms with Crippen LogP contribution in [-0.4, -0.2) is 4.98 Å². The van der Waals surface area contributed by atoms with Crippen molar-refractivity contribution >= 4 is 12.6 Å². The highest BCUT2D eigenvalue weighted by Crippen LogP contribution is 2.35. The molecule has 0 aliphatic heterocycles. The number of aromatic nitrogens is 1. The van der Waals surface area contributed by atoms with Crippen molar-refractivity contribution in [2.24, 2.45) is 0 Å². The maximum Gasteiger partial charge on any atom is 0.468 e. The number of halogens is 3. The minimum Gasteiger partial charge on any atom is -0.438 e. The SMILES string of the molecule is Cc1oc(C(F)(F)F)nc1C(C)(C)S. The fourth-order valence-electron chi connectivity index (χ4n) is 1.09. The Balaban J connectivity index is 3.19. The molecule has 0 fully saturated rings. The molecule has 0 bridgehead atoms. The molecule has 0 saturated heterocycles. The van der Waals surface area contributed by atoms with Crippen LogP contribution in [0.4, 0.5) is 13.2 Å². The van der Waals surface area contributed by atoms with E-state index in [4.69, 9.17) is 0 Å². The van der Waals surface area contributed by atoms with Crippen LogP contribution in [0.5, 0.6) is 0 Å². The van der Waals surface area contributed by atoms with Gasteiger partial charge >= 0.3 is 12.1 Å². The molecule has 14 heavy (non-hydrogen) atoms. The number of nitrogens with zero attached hydrogens (tertiary/aromatic N) is 1. The Morgan fingerprint density at radius 1 is 1.29 bits per heavy atom. The molecule has 0 amide bonds. The van der Waals surface area contributed by atoms with Crippen molar-refractivity contribution in [2.75, 3.05) is 0 Å². The van der Waals surface area contributed by atoms with E-state index in [1.54, 1.807) is 13.8 Å². The lowest BCUT2D eigenvalue weighted by atomic mass is 10.1. The van der Waals surface area contributed by atoms with Crippen LogP contribution < -0.4 is 0 Å². The first-order valence-electron chi connectivity index (χ1n) is 3.90. The normalized spacial score (nSPS) is 13.4. The first-order chi connectivity index (χ1) is 6.12. The number of alkyl halides is 3. The van der Waals surface area contributed by atoms with E-state index in [2.05, 4.69) is 22.0 Å². The van der Waals surface area contributed by atoms with Gasteiger partial charge in [-0.15, -0.1) is 0 Å². The summed E-state index contributed by atoms with van der Waals surface area (Å²) < 4.78 is 40.3. The summed E-state index contributed by atoms with van der Waals surface area (Å²) in [6.07, 6.45) is -4.54. The zero-order valence-corrected chi connectivity index (χ0v) is 8.83. The van der Waals surface area contributed by atoms with Gasteiger partial charge in [0.2, 0.25) is 0 Å². The van der Waals surface area contributed by atoms with Crippen LogP contribution in [0.15, 0.2) is 4.42 Å². The molecule has 6 heteroatoms. The van der Waals surface area contributed by atoms with E-state index in [1.165, 1.54) is 6.92 Å². The van der Waals surface area contributed by atoms with Crippen molar-refractivity contribution < 1.29 is 17.6 Å². The Hall–Kier alpha value is -0.650. The third-order valence-electron chi connectivity index (χ3n) is 1.62. The summed E-state index contributed by atoms with van der Waals surface area (Å²) in [6, 6.07) is 0. The lowest BCUT2D eigenvalue weighted by molar-refractivity contribution is -0.157. The molecule has 2 nitrogen and oxygen atoms in total. The standard InChI is InChI=1S/C8H10F3NOS/c1-4-5(7(2,3)14)12-6(13-4)8(9,10)11/h14H,1-3H3. The van der Waals surface area contributed by atoms with Gasteiger partial charge in [0.25, 0.3) is 0 Å². The second kappa shape index (κ2) is 3.18. The molecular weight excluding hydrogens is 215 g/mol. The summed E-state index contributed by atoms with van der Waals surface area (Å²) in [6.45, 7) is 4.75. The average molecular weight is 225 g/mol. The molecule has 0 atom stereocenters. The molecule has 0 unspecified atom stereocenters. The Bertz CT molecular complexity index is 337. The molecule has 0 aromatic carbocycles. The molecule has 0 aliphatic rings. The molecule has 80 valence electrons. The van der Waals surface area contributed by atoms with E-state index in [1.807, 2.05) is 0 Å². The van der Waals surface area contributed by atoms with Crippen LogP contribution in [-0.2, 0) is 10.9 Å². The van der Waals surface area contributed by atoms with E-state index in [-0.39, 0.29) is 11.5 Å². The van der Waals surface area contributed by atoms with Gasteiger partial charge in [-0.3, -0.25) is 0 Å². The fourth-order valence-corrected chi connectivity index (χ4v) is 1.29. The van der Waals surface area contributed by atoms with Gasteiger partial charge in [-0.25, -0.2) is 4.98 Å². The zero-order chi connectivity index (χ0) is 11.1. The van der Waals surface area contributed by atoms with Gasteiger partial charge in [0.15, 0.2) is 0 Å². The lowest BCUT2D eigenvalue weighted by Crippen LogP contribution is -2.11. The molecule has 0 spiro atoms.